The normalized spacial score (nSPS) is 18.4. The molecule has 0 amide bonds. The van der Waals surface area contributed by atoms with Crippen LogP contribution in [0.4, 0.5) is 13.2 Å². The Balaban J connectivity index is 1.76. The number of nitrogens with zero attached hydrogens (tertiary/aromatic N) is 2. The van der Waals surface area contributed by atoms with Gasteiger partial charge in [0.25, 0.3) is 0 Å². The predicted octanol–water partition coefficient (Wildman–Crippen LogP) is 3.77. The van der Waals surface area contributed by atoms with Crippen LogP contribution in [0.3, 0.4) is 0 Å². The summed E-state index contributed by atoms with van der Waals surface area (Å²) >= 11 is 0. The standard InChI is InChI=1S/C19H21F3N2O2S/c1-15(16-7-3-2-4-8-16)23-11-13-24(14-12-23)27(25,26)18-10-6-5-9-17(18)19(20,21)22/h2-10,15H,11-14H2,1H3/t15-/m0/s1. The minimum atomic E-state index is -4.71. The summed E-state index contributed by atoms with van der Waals surface area (Å²) in [5.74, 6) is 0. The van der Waals surface area contributed by atoms with E-state index in [1.165, 1.54) is 12.1 Å². The van der Waals surface area contributed by atoms with Crippen molar-refractivity contribution in [1.82, 2.24) is 9.21 Å². The number of hydrogen-bond acceptors (Lipinski definition) is 3. The molecule has 0 spiro atoms. The molecule has 1 aliphatic heterocycles. The molecule has 4 nitrogen and oxygen atoms in total. The number of halogens is 3. The zero-order valence-corrected chi connectivity index (χ0v) is 15.7. The second kappa shape index (κ2) is 7.61. The van der Waals surface area contributed by atoms with Crippen molar-refractivity contribution in [2.45, 2.75) is 24.0 Å². The average molecular weight is 398 g/mol. The fraction of sp³-hybridized carbons (Fsp3) is 0.368. The first-order chi connectivity index (χ1) is 12.7. The number of hydrogen-bond donors (Lipinski definition) is 0. The maximum absolute atomic E-state index is 13.2. The second-order valence-electron chi connectivity index (χ2n) is 6.52. The molecule has 0 bridgehead atoms. The average Bonchev–Trinajstić information content (AvgIpc) is 2.67. The lowest BCUT2D eigenvalue weighted by molar-refractivity contribution is -0.139. The molecular weight excluding hydrogens is 377 g/mol. The van der Waals surface area contributed by atoms with Crippen molar-refractivity contribution in [3.05, 3.63) is 65.7 Å². The Bertz CT molecular complexity index is 877. The van der Waals surface area contributed by atoms with Gasteiger partial charge >= 0.3 is 6.18 Å². The van der Waals surface area contributed by atoms with Crippen molar-refractivity contribution in [2.75, 3.05) is 26.2 Å². The van der Waals surface area contributed by atoms with Crippen LogP contribution in [-0.2, 0) is 16.2 Å². The van der Waals surface area contributed by atoms with Crippen molar-refractivity contribution in [2.24, 2.45) is 0 Å². The minimum Gasteiger partial charge on any atom is -0.294 e. The Morgan fingerprint density at radius 3 is 2.04 bits per heavy atom. The quantitative estimate of drug-likeness (QED) is 0.787. The number of piperazine rings is 1. The Morgan fingerprint density at radius 2 is 1.44 bits per heavy atom. The maximum atomic E-state index is 13.2. The van der Waals surface area contributed by atoms with Crippen LogP contribution in [0.5, 0.6) is 0 Å². The molecule has 1 saturated heterocycles. The van der Waals surface area contributed by atoms with Crippen molar-refractivity contribution in [1.29, 1.82) is 0 Å². The molecule has 146 valence electrons. The van der Waals surface area contributed by atoms with E-state index in [9.17, 15) is 21.6 Å². The summed E-state index contributed by atoms with van der Waals surface area (Å²) in [6, 6.07) is 14.3. The summed E-state index contributed by atoms with van der Waals surface area (Å²) in [4.78, 5) is 1.46. The first-order valence-electron chi connectivity index (χ1n) is 8.66. The van der Waals surface area contributed by atoms with Gasteiger partial charge in [0.1, 0.15) is 0 Å². The highest BCUT2D eigenvalue weighted by Gasteiger charge is 2.39. The van der Waals surface area contributed by atoms with Gasteiger partial charge in [-0.15, -0.1) is 0 Å². The highest BCUT2D eigenvalue weighted by atomic mass is 32.2. The van der Waals surface area contributed by atoms with Crippen LogP contribution in [0.25, 0.3) is 0 Å². The van der Waals surface area contributed by atoms with Crippen LogP contribution < -0.4 is 0 Å². The summed E-state index contributed by atoms with van der Waals surface area (Å²) < 4.78 is 66.4. The molecule has 0 N–H and O–H groups in total. The number of alkyl halides is 3. The van der Waals surface area contributed by atoms with Gasteiger partial charge in [0.15, 0.2) is 0 Å². The van der Waals surface area contributed by atoms with Crippen LogP contribution in [0.2, 0.25) is 0 Å². The van der Waals surface area contributed by atoms with E-state index in [0.717, 1.165) is 22.0 Å². The second-order valence-corrected chi connectivity index (χ2v) is 8.43. The SMILES string of the molecule is C[C@@H](c1ccccc1)N1CCN(S(=O)(=O)c2ccccc2C(F)(F)F)CC1. The van der Waals surface area contributed by atoms with E-state index in [0.29, 0.717) is 13.1 Å². The zero-order chi connectivity index (χ0) is 19.7. The van der Waals surface area contributed by atoms with Crippen LogP contribution in [0.1, 0.15) is 24.1 Å². The molecule has 27 heavy (non-hydrogen) atoms. The lowest BCUT2D eigenvalue weighted by Crippen LogP contribution is -2.49. The highest BCUT2D eigenvalue weighted by Crippen LogP contribution is 2.35. The molecule has 2 aromatic rings. The van der Waals surface area contributed by atoms with Crippen LogP contribution in [-0.4, -0.2) is 43.8 Å². The van der Waals surface area contributed by atoms with Gasteiger partial charge in [0, 0.05) is 32.2 Å². The Kier molecular flexibility index (Phi) is 5.60. The lowest BCUT2D eigenvalue weighted by Gasteiger charge is -2.37. The number of rotatable bonds is 4. The van der Waals surface area contributed by atoms with E-state index in [1.807, 2.05) is 37.3 Å². The molecule has 0 aromatic heterocycles. The van der Waals surface area contributed by atoms with E-state index < -0.39 is 26.7 Å². The van der Waals surface area contributed by atoms with Gasteiger partial charge in [-0.1, -0.05) is 42.5 Å². The van der Waals surface area contributed by atoms with E-state index in [-0.39, 0.29) is 19.1 Å². The molecule has 3 rings (SSSR count). The van der Waals surface area contributed by atoms with Gasteiger partial charge in [-0.2, -0.15) is 17.5 Å². The maximum Gasteiger partial charge on any atom is 0.417 e. The van der Waals surface area contributed by atoms with Gasteiger partial charge in [0.05, 0.1) is 10.5 Å². The fourth-order valence-electron chi connectivity index (χ4n) is 3.34. The van der Waals surface area contributed by atoms with E-state index in [1.54, 1.807) is 0 Å². The van der Waals surface area contributed by atoms with Gasteiger partial charge in [-0.3, -0.25) is 4.90 Å². The molecule has 0 saturated carbocycles. The predicted molar refractivity (Wildman–Crippen MR) is 96.6 cm³/mol. The van der Waals surface area contributed by atoms with E-state index in [2.05, 4.69) is 4.90 Å². The van der Waals surface area contributed by atoms with E-state index in [4.69, 9.17) is 0 Å². The van der Waals surface area contributed by atoms with Gasteiger partial charge < -0.3 is 0 Å². The van der Waals surface area contributed by atoms with Crippen LogP contribution in [0, 0.1) is 0 Å². The van der Waals surface area contributed by atoms with Crippen LogP contribution >= 0.6 is 0 Å². The third-order valence-corrected chi connectivity index (χ3v) is 6.87. The van der Waals surface area contributed by atoms with E-state index >= 15 is 0 Å². The fourth-order valence-corrected chi connectivity index (χ4v) is 4.97. The zero-order valence-electron chi connectivity index (χ0n) is 14.9. The van der Waals surface area contributed by atoms with Crippen molar-refractivity contribution in [3.8, 4) is 0 Å². The summed E-state index contributed by atoms with van der Waals surface area (Å²) in [5, 5.41) is 0. The first kappa shape index (κ1) is 19.9. The van der Waals surface area contributed by atoms with Crippen molar-refractivity contribution < 1.29 is 21.6 Å². The molecule has 0 radical (unpaired) electrons. The summed E-state index contributed by atoms with van der Waals surface area (Å²) in [6.45, 7) is 3.28. The molecule has 0 aliphatic carbocycles. The third-order valence-electron chi connectivity index (χ3n) is 4.91. The summed E-state index contributed by atoms with van der Waals surface area (Å²) in [6.07, 6.45) is -4.71. The molecule has 0 unspecified atom stereocenters. The highest BCUT2D eigenvalue weighted by molar-refractivity contribution is 7.89. The van der Waals surface area contributed by atoms with Gasteiger partial charge in [-0.05, 0) is 24.6 Å². The minimum absolute atomic E-state index is 0.110. The monoisotopic (exact) mass is 398 g/mol. The molecule has 2 aromatic carbocycles. The third kappa shape index (κ3) is 4.17. The largest absolute Gasteiger partial charge is 0.417 e. The smallest absolute Gasteiger partial charge is 0.294 e. The Labute approximate surface area is 157 Å². The van der Waals surface area contributed by atoms with Crippen molar-refractivity contribution in [3.63, 3.8) is 0 Å². The topological polar surface area (TPSA) is 40.6 Å². The van der Waals surface area contributed by atoms with Crippen molar-refractivity contribution >= 4 is 10.0 Å². The molecule has 8 heteroatoms. The number of benzene rings is 2. The van der Waals surface area contributed by atoms with Gasteiger partial charge in [0.2, 0.25) is 10.0 Å². The lowest BCUT2D eigenvalue weighted by atomic mass is 10.1. The van der Waals surface area contributed by atoms with Gasteiger partial charge in [-0.25, -0.2) is 8.42 Å². The first-order valence-corrected chi connectivity index (χ1v) is 10.1. The molecule has 1 fully saturated rings. The Morgan fingerprint density at radius 1 is 0.889 bits per heavy atom. The molecular formula is C19H21F3N2O2S. The van der Waals surface area contributed by atoms with Crippen LogP contribution in [0.15, 0.2) is 59.5 Å². The molecule has 1 atom stereocenters. The molecule has 1 aliphatic rings. The summed E-state index contributed by atoms with van der Waals surface area (Å²) in [5.41, 5.74) is 0.00121. The molecule has 1 heterocycles. The summed E-state index contributed by atoms with van der Waals surface area (Å²) in [7, 11) is -4.20. The Hall–Kier alpha value is -1.90. The number of sulfonamides is 1.